The summed E-state index contributed by atoms with van der Waals surface area (Å²) in [7, 11) is 1.72. The number of nitrogens with one attached hydrogen (secondary N) is 1. The Labute approximate surface area is 165 Å². The Morgan fingerprint density at radius 1 is 1.38 bits per heavy atom. The van der Waals surface area contributed by atoms with Crippen LogP contribution in [0, 0.1) is 23.2 Å². The van der Waals surface area contributed by atoms with E-state index in [1.165, 1.54) is 13.2 Å². The first kappa shape index (κ1) is 17.8. The molecule has 9 nitrogen and oxygen atoms in total. The molecule has 29 heavy (non-hydrogen) atoms. The van der Waals surface area contributed by atoms with Gasteiger partial charge in [0.15, 0.2) is 22.7 Å². The number of hydrogen-bond donors (Lipinski definition) is 3. The summed E-state index contributed by atoms with van der Waals surface area (Å²) >= 11 is 0. The summed E-state index contributed by atoms with van der Waals surface area (Å²) in [4.78, 5) is 25.4. The van der Waals surface area contributed by atoms with Crippen LogP contribution in [0.2, 0.25) is 0 Å². The molecule has 2 aliphatic rings. The smallest absolute Gasteiger partial charge is 0.209 e. The zero-order valence-corrected chi connectivity index (χ0v) is 15.8. The van der Waals surface area contributed by atoms with Gasteiger partial charge in [0.25, 0.3) is 0 Å². The zero-order chi connectivity index (χ0) is 20.3. The Morgan fingerprint density at radius 2 is 2.21 bits per heavy atom. The van der Waals surface area contributed by atoms with Crippen LogP contribution in [0.3, 0.4) is 0 Å². The summed E-state index contributed by atoms with van der Waals surface area (Å²) in [6.45, 7) is 1.47. The third kappa shape index (κ3) is 2.43. The van der Waals surface area contributed by atoms with Crippen molar-refractivity contribution in [2.75, 3.05) is 12.4 Å². The van der Waals surface area contributed by atoms with Crippen LogP contribution in [0.15, 0.2) is 29.1 Å². The van der Waals surface area contributed by atoms with Crippen LogP contribution >= 0.6 is 0 Å². The molecule has 5 atom stereocenters. The summed E-state index contributed by atoms with van der Waals surface area (Å²) in [5.74, 6) is 6.73. The fraction of sp³-hybridized carbons (Fsp3) is 0.400. The van der Waals surface area contributed by atoms with Crippen LogP contribution < -0.4 is 5.32 Å². The average Bonchev–Trinajstić information content (AvgIpc) is 3.00. The van der Waals surface area contributed by atoms with Crippen molar-refractivity contribution in [2.45, 2.75) is 31.6 Å². The van der Waals surface area contributed by atoms with E-state index in [2.05, 4.69) is 32.1 Å². The molecular weight excluding hydrogens is 374 g/mol. The van der Waals surface area contributed by atoms with Crippen LogP contribution in [-0.4, -0.2) is 54.8 Å². The molecule has 3 aromatic rings. The Kier molecular flexibility index (Phi) is 3.78. The molecule has 0 spiro atoms. The second-order valence-electron chi connectivity index (χ2n) is 7.53. The summed E-state index contributed by atoms with van der Waals surface area (Å²) in [5, 5.41) is 24.2. The van der Waals surface area contributed by atoms with Gasteiger partial charge in [-0.25, -0.2) is 15.0 Å². The maximum Gasteiger partial charge on any atom is 0.209 e. The van der Waals surface area contributed by atoms with E-state index in [-0.39, 0.29) is 17.5 Å². The molecule has 0 aliphatic heterocycles. The maximum absolute atomic E-state index is 12.1. The monoisotopic (exact) mass is 393 g/mol. The van der Waals surface area contributed by atoms with Crippen LogP contribution in [0.5, 0.6) is 0 Å². The molecule has 0 saturated heterocycles. The van der Waals surface area contributed by atoms with Crippen LogP contribution in [0.25, 0.3) is 11.2 Å². The zero-order valence-electron chi connectivity index (χ0n) is 15.8. The highest BCUT2D eigenvalue weighted by molar-refractivity contribution is 5.88. The number of carbonyl (C=O) groups is 1. The number of carbonyl (C=O) groups excluding carboxylic acids is 1. The highest BCUT2D eigenvalue weighted by Gasteiger charge is 2.74. The third-order valence-electron chi connectivity index (χ3n) is 6.13. The second kappa shape index (κ2) is 6.14. The first-order chi connectivity index (χ1) is 14.0. The van der Waals surface area contributed by atoms with Crippen LogP contribution in [0.4, 0.5) is 5.82 Å². The second-order valence-corrected chi connectivity index (χ2v) is 7.53. The van der Waals surface area contributed by atoms with E-state index in [9.17, 15) is 15.0 Å². The van der Waals surface area contributed by atoms with Gasteiger partial charge in [0.05, 0.1) is 30.2 Å². The number of nitrogens with zero attached hydrogens (tertiary/aromatic N) is 4. The van der Waals surface area contributed by atoms with Gasteiger partial charge in [0.1, 0.15) is 11.9 Å². The predicted molar refractivity (Wildman–Crippen MR) is 102 cm³/mol. The van der Waals surface area contributed by atoms with E-state index >= 15 is 0 Å². The molecule has 3 aromatic heterocycles. The number of imidazole rings is 1. The molecule has 9 heteroatoms. The summed E-state index contributed by atoms with van der Waals surface area (Å²) in [5.41, 5.74) is 0.135. The highest BCUT2D eigenvalue weighted by atomic mass is 16.3. The molecule has 2 saturated carbocycles. The molecule has 148 valence electrons. The van der Waals surface area contributed by atoms with Crippen molar-refractivity contribution in [1.29, 1.82) is 0 Å². The molecule has 5 unspecified atom stereocenters. The number of aliphatic hydroxyl groups excluding tert-OH is 2. The maximum atomic E-state index is 12.1. The standard InChI is InChI=1S/C20H19N5O4/c1-10(26)20-8-12(20)15(16(27)17(20)28)25-9-22-14-18(21-2)23-13(24-19(14)25)6-5-11-4-3-7-29-11/h3-4,7,9,12,15-17,27-28H,8H2,1-2H3,(H,21,23,24). The molecule has 2 fully saturated rings. The minimum Gasteiger partial charge on any atom is -0.456 e. The number of furan rings is 1. The quantitative estimate of drug-likeness (QED) is 0.556. The summed E-state index contributed by atoms with van der Waals surface area (Å²) in [6.07, 6.45) is 1.46. The van der Waals surface area contributed by atoms with E-state index < -0.39 is 23.7 Å². The van der Waals surface area contributed by atoms with Crippen LogP contribution in [0.1, 0.15) is 31.0 Å². The van der Waals surface area contributed by atoms with E-state index in [1.54, 1.807) is 30.1 Å². The Balaban J connectivity index is 1.61. The first-order valence-electron chi connectivity index (χ1n) is 9.32. The largest absolute Gasteiger partial charge is 0.456 e. The molecule has 0 radical (unpaired) electrons. The van der Waals surface area contributed by atoms with Gasteiger partial charge < -0.3 is 24.5 Å². The molecule has 0 amide bonds. The normalized spacial score (nSPS) is 29.9. The number of Topliss-reactive ketones (excluding diaryl/α,β-unsaturated/α-hetero) is 1. The first-order valence-corrected chi connectivity index (χ1v) is 9.32. The van der Waals surface area contributed by atoms with Crippen molar-refractivity contribution in [2.24, 2.45) is 11.3 Å². The highest BCUT2D eigenvalue weighted by Crippen LogP contribution is 2.68. The number of anilines is 1. The van der Waals surface area contributed by atoms with Gasteiger partial charge in [0, 0.05) is 7.05 Å². The van der Waals surface area contributed by atoms with Crippen LogP contribution in [-0.2, 0) is 4.79 Å². The number of aromatic nitrogens is 4. The van der Waals surface area contributed by atoms with Gasteiger partial charge in [-0.1, -0.05) is 0 Å². The van der Waals surface area contributed by atoms with Gasteiger partial charge >= 0.3 is 0 Å². The fourth-order valence-corrected chi connectivity index (χ4v) is 4.60. The third-order valence-corrected chi connectivity index (χ3v) is 6.13. The van der Waals surface area contributed by atoms with E-state index in [1.807, 2.05) is 0 Å². The summed E-state index contributed by atoms with van der Waals surface area (Å²) < 4.78 is 6.94. The number of rotatable bonds is 3. The number of hydrogen-bond acceptors (Lipinski definition) is 8. The molecule has 5 rings (SSSR count). The van der Waals surface area contributed by atoms with Crippen molar-refractivity contribution in [3.05, 3.63) is 36.3 Å². The number of fused-ring (bicyclic) bond motifs is 2. The van der Waals surface area contributed by atoms with Gasteiger partial charge in [-0.05, 0) is 43.2 Å². The molecule has 3 heterocycles. The van der Waals surface area contributed by atoms with Gasteiger partial charge in [-0.2, -0.15) is 0 Å². The topological polar surface area (TPSA) is 126 Å². The average molecular weight is 393 g/mol. The van der Waals surface area contributed by atoms with E-state index in [4.69, 9.17) is 4.42 Å². The van der Waals surface area contributed by atoms with Crippen molar-refractivity contribution in [3.8, 4) is 11.8 Å². The van der Waals surface area contributed by atoms with Crippen molar-refractivity contribution in [3.63, 3.8) is 0 Å². The van der Waals surface area contributed by atoms with Gasteiger partial charge in [-0.15, -0.1) is 0 Å². The van der Waals surface area contributed by atoms with E-state index in [0.717, 1.165) is 0 Å². The molecular formula is C20H19N5O4. The fourth-order valence-electron chi connectivity index (χ4n) is 4.60. The van der Waals surface area contributed by atoms with Crippen molar-refractivity contribution < 1.29 is 19.4 Å². The van der Waals surface area contributed by atoms with Crippen molar-refractivity contribution in [1.82, 2.24) is 19.5 Å². The SMILES string of the molecule is CNc1nc(C#Cc2ccco2)nc2c1ncn2C1C(O)C(O)C2(C(C)=O)CC12. The Morgan fingerprint density at radius 3 is 2.86 bits per heavy atom. The lowest BCUT2D eigenvalue weighted by Crippen LogP contribution is -2.36. The Hall–Kier alpha value is -3.22. The lowest BCUT2D eigenvalue weighted by molar-refractivity contribution is -0.128. The van der Waals surface area contributed by atoms with Gasteiger partial charge in [-0.3, -0.25) is 4.79 Å². The Bertz CT molecular complexity index is 1170. The number of aliphatic hydroxyl groups is 2. The number of ketones is 1. The predicted octanol–water partition coefficient (Wildman–Crippen LogP) is 0.733. The van der Waals surface area contributed by atoms with E-state index in [0.29, 0.717) is 29.2 Å². The molecule has 0 aromatic carbocycles. The minimum absolute atomic E-state index is 0.100. The lowest BCUT2D eigenvalue weighted by atomic mass is 9.95. The molecule has 3 N–H and O–H groups in total. The molecule has 2 aliphatic carbocycles. The lowest BCUT2D eigenvalue weighted by Gasteiger charge is -2.23. The summed E-state index contributed by atoms with van der Waals surface area (Å²) in [6, 6.07) is 2.98. The van der Waals surface area contributed by atoms with Crippen molar-refractivity contribution >= 4 is 22.8 Å². The molecule has 0 bridgehead atoms. The minimum atomic E-state index is -1.10. The van der Waals surface area contributed by atoms with Gasteiger partial charge in [0.2, 0.25) is 5.82 Å².